The highest BCUT2D eigenvalue weighted by atomic mass is 19.4. The Morgan fingerprint density at radius 2 is 2.19 bits per heavy atom. The maximum Gasteiger partial charge on any atom is 0.471 e. The number of nitrogens with one attached hydrogen (secondary N) is 1. The first-order valence-corrected chi connectivity index (χ1v) is 5.24. The monoisotopic (exact) mass is 239 g/mol. The van der Waals surface area contributed by atoms with Crippen LogP contribution in [0.15, 0.2) is 0 Å². The molecule has 0 aromatic rings. The molecule has 0 saturated carbocycles. The van der Waals surface area contributed by atoms with Crippen LogP contribution in [0.4, 0.5) is 13.2 Å². The summed E-state index contributed by atoms with van der Waals surface area (Å²) in [4.78, 5) is 11.7. The van der Waals surface area contributed by atoms with Crippen molar-refractivity contribution in [3.8, 4) is 0 Å². The lowest BCUT2D eigenvalue weighted by Gasteiger charge is -2.18. The van der Waals surface area contributed by atoms with E-state index < -0.39 is 12.1 Å². The van der Waals surface area contributed by atoms with Crippen LogP contribution >= 0.6 is 0 Å². The van der Waals surface area contributed by atoms with E-state index in [4.69, 9.17) is 5.73 Å². The van der Waals surface area contributed by atoms with E-state index in [1.54, 1.807) is 0 Å². The second-order valence-electron chi connectivity index (χ2n) is 3.83. The molecule has 7 heteroatoms. The minimum atomic E-state index is -4.76. The smallest absolute Gasteiger partial charge is 0.333 e. The number of nitrogens with zero attached hydrogens (tertiary/aromatic N) is 1. The first-order chi connectivity index (χ1) is 7.45. The molecule has 0 bridgehead atoms. The normalized spacial score (nSPS) is 21.5. The van der Waals surface area contributed by atoms with Crippen molar-refractivity contribution < 1.29 is 18.0 Å². The quantitative estimate of drug-likeness (QED) is 0.683. The summed E-state index contributed by atoms with van der Waals surface area (Å²) in [6, 6.07) is -0.0437. The summed E-state index contributed by atoms with van der Waals surface area (Å²) in [7, 11) is 0. The maximum absolute atomic E-state index is 12.1. The van der Waals surface area contributed by atoms with Crippen LogP contribution < -0.4 is 11.1 Å². The van der Waals surface area contributed by atoms with Gasteiger partial charge in [0.1, 0.15) is 0 Å². The number of rotatable bonds is 4. The molecule has 4 nitrogen and oxygen atoms in total. The average molecular weight is 239 g/mol. The Hall–Kier alpha value is -0.820. The summed E-state index contributed by atoms with van der Waals surface area (Å²) < 4.78 is 36.3. The summed E-state index contributed by atoms with van der Waals surface area (Å²) in [5, 5.41) is 3.08. The molecule has 0 spiro atoms. The molecular weight excluding hydrogens is 223 g/mol. The van der Waals surface area contributed by atoms with E-state index in [1.165, 1.54) is 0 Å². The highest BCUT2D eigenvalue weighted by Gasteiger charge is 2.44. The molecule has 1 rings (SSSR count). The molecule has 1 aliphatic heterocycles. The molecule has 1 fully saturated rings. The Morgan fingerprint density at radius 1 is 1.50 bits per heavy atom. The van der Waals surface area contributed by atoms with Crippen molar-refractivity contribution in [3.05, 3.63) is 0 Å². The second-order valence-corrected chi connectivity index (χ2v) is 3.83. The van der Waals surface area contributed by atoms with E-state index in [0.29, 0.717) is 19.5 Å². The Bertz CT molecular complexity index is 245. The van der Waals surface area contributed by atoms with E-state index in [1.807, 2.05) is 0 Å². The highest BCUT2D eigenvalue weighted by Crippen LogP contribution is 2.21. The Balaban J connectivity index is 2.32. The lowest BCUT2D eigenvalue weighted by molar-refractivity contribution is -0.184. The van der Waals surface area contributed by atoms with Crippen molar-refractivity contribution in [3.63, 3.8) is 0 Å². The zero-order chi connectivity index (χ0) is 12.2. The van der Waals surface area contributed by atoms with Gasteiger partial charge < -0.3 is 16.0 Å². The molecule has 3 N–H and O–H groups in total. The van der Waals surface area contributed by atoms with Crippen LogP contribution in [0.3, 0.4) is 0 Å². The standard InChI is InChI=1S/C9H16F3N3O/c10-9(11,12)8(16)15-5-2-7(6-15)14-4-1-3-13/h7,14H,1-6,13H2. The lowest BCUT2D eigenvalue weighted by Crippen LogP contribution is -2.42. The van der Waals surface area contributed by atoms with E-state index in [2.05, 4.69) is 5.32 Å². The van der Waals surface area contributed by atoms with Crippen molar-refractivity contribution in [2.45, 2.75) is 25.1 Å². The van der Waals surface area contributed by atoms with E-state index in [-0.39, 0.29) is 19.1 Å². The summed E-state index contributed by atoms with van der Waals surface area (Å²) in [5.74, 6) is -1.74. The fraction of sp³-hybridized carbons (Fsp3) is 0.889. The van der Waals surface area contributed by atoms with E-state index in [0.717, 1.165) is 11.3 Å². The third-order valence-corrected chi connectivity index (χ3v) is 2.53. The van der Waals surface area contributed by atoms with Crippen LogP contribution in [-0.2, 0) is 4.79 Å². The van der Waals surface area contributed by atoms with Crippen LogP contribution in [-0.4, -0.2) is 49.2 Å². The SMILES string of the molecule is NCCCNC1CCN(C(=O)C(F)(F)F)C1. The first-order valence-electron chi connectivity index (χ1n) is 5.24. The van der Waals surface area contributed by atoms with Crippen LogP contribution in [0.2, 0.25) is 0 Å². The zero-order valence-corrected chi connectivity index (χ0v) is 8.89. The number of likely N-dealkylation sites (tertiary alicyclic amines) is 1. The third kappa shape index (κ3) is 3.64. The van der Waals surface area contributed by atoms with Crippen molar-refractivity contribution in [1.82, 2.24) is 10.2 Å². The van der Waals surface area contributed by atoms with Gasteiger partial charge in [0, 0.05) is 19.1 Å². The predicted octanol–water partition coefficient (Wildman–Crippen LogP) is 0.0880. The van der Waals surface area contributed by atoms with Crippen molar-refractivity contribution in [1.29, 1.82) is 0 Å². The number of carbonyl (C=O) groups is 1. The summed E-state index contributed by atoms with van der Waals surface area (Å²) >= 11 is 0. The third-order valence-electron chi connectivity index (χ3n) is 2.53. The molecule has 1 unspecified atom stereocenters. The van der Waals surface area contributed by atoms with Gasteiger partial charge in [-0.15, -0.1) is 0 Å². The zero-order valence-electron chi connectivity index (χ0n) is 8.89. The van der Waals surface area contributed by atoms with Gasteiger partial charge in [-0.25, -0.2) is 0 Å². The topological polar surface area (TPSA) is 58.4 Å². The molecule has 0 aliphatic carbocycles. The Kier molecular flexibility index (Phi) is 4.55. The van der Waals surface area contributed by atoms with Gasteiger partial charge in [0.05, 0.1) is 0 Å². The number of hydrogen-bond acceptors (Lipinski definition) is 3. The van der Waals surface area contributed by atoms with Crippen LogP contribution in [0, 0.1) is 0 Å². The van der Waals surface area contributed by atoms with E-state index >= 15 is 0 Å². The minimum Gasteiger partial charge on any atom is -0.333 e. The molecular formula is C9H16F3N3O. The van der Waals surface area contributed by atoms with Gasteiger partial charge in [0.15, 0.2) is 0 Å². The molecule has 0 radical (unpaired) electrons. The molecule has 94 valence electrons. The van der Waals surface area contributed by atoms with Crippen LogP contribution in [0.5, 0.6) is 0 Å². The maximum atomic E-state index is 12.1. The van der Waals surface area contributed by atoms with Gasteiger partial charge in [0.25, 0.3) is 0 Å². The van der Waals surface area contributed by atoms with Crippen LogP contribution in [0.25, 0.3) is 0 Å². The largest absolute Gasteiger partial charge is 0.471 e. The Labute approximate surface area is 92.0 Å². The Morgan fingerprint density at radius 3 is 2.75 bits per heavy atom. The number of hydrogen-bond donors (Lipinski definition) is 2. The van der Waals surface area contributed by atoms with Crippen molar-refractivity contribution in [2.24, 2.45) is 5.73 Å². The van der Waals surface area contributed by atoms with Crippen molar-refractivity contribution >= 4 is 5.91 Å². The molecule has 16 heavy (non-hydrogen) atoms. The number of alkyl halides is 3. The summed E-state index contributed by atoms with van der Waals surface area (Å²) in [6.45, 7) is 1.52. The second kappa shape index (κ2) is 5.49. The number of carbonyl (C=O) groups excluding carboxylic acids is 1. The molecule has 0 aromatic heterocycles. The molecule has 1 saturated heterocycles. The first kappa shape index (κ1) is 13.2. The summed E-state index contributed by atoms with van der Waals surface area (Å²) in [5.41, 5.74) is 5.29. The van der Waals surface area contributed by atoms with E-state index in [9.17, 15) is 18.0 Å². The number of amides is 1. The van der Waals surface area contributed by atoms with Gasteiger partial charge >= 0.3 is 12.1 Å². The number of nitrogens with two attached hydrogens (primary N) is 1. The van der Waals surface area contributed by atoms with Gasteiger partial charge in [-0.2, -0.15) is 13.2 Å². The lowest BCUT2D eigenvalue weighted by atomic mass is 10.2. The molecule has 0 aromatic carbocycles. The van der Waals surface area contributed by atoms with Crippen molar-refractivity contribution in [2.75, 3.05) is 26.2 Å². The van der Waals surface area contributed by atoms with Gasteiger partial charge in [-0.05, 0) is 25.9 Å². The average Bonchev–Trinajstić information content (AvgIpc) is 2.64. The molecule has 1 atom stereocenters. The minimum absolute atomic E-state index is 0.0437. The van der Waals surface area contributed by atoms with Gasteiger partial charge in [-0.1, -0.05) is 0 Å². The number of halogens is 3. The fourth-order valence-corrected chi connectivity index (χ4v) is 1.70. The van der Waals surface area contributed by atoms with Gasteiger partial charge in [0.2, 0.25) is 0 Å². The predicted molar refractivity (Wildman–Crippen MR) is 52.7 cm³/mol. The molecule has 1 aliphatic rings. The fourth-order valence-electron chi connectivity index (χ4n) is 1.70. The molecule has 1 amide bonds. The highest BCUT2D eigenvalue weighted by molar-refractivity contribution is 5.82. The summed E-state index contributed by atoms with van der Waals surface area (Å²) in [6.07, 6.45) is -3.41. The van der Waals surface area contributed by atoms with Crippen LogP contribution in [0.1, 0.15) is 12.8 Å². The van der Waals surface area contributed by atoms with Gasteiger partial charge in [-0.3, -0.25) is 4.79 Å². The molecule has 1 heterocycles.